The van der Waals surface area contributed by atoms with Crippen molar-refractivity contribution >= 4 is 11.8 Å². The SMILES string of the molecule is O=C(CCN(CC1CCCO1)C(=O)c1cnccn1)NCCN1CCOCC1. The third-order valence-electron chi connectivity index (χ3n) is 4.98. The van der Waals surface area contributed by atoms with E-state index in [1.807, 2.05) is 0 Å². The van der Waals surface area contributed by atoms with E-state index < -0.39 is 0 Å². The van der Waals surface area contributed by atoms with Crippen molar-refractivity contribution in [3.8, 4) is 0 Å². The fourth-order valence-corrected chi connectivity index (χ4v) is 3.38. The number of nitrogens with zero attached hydrogens (tertiary/aromatic N) is 4. The second kappa shape index (κ2) is 11.0. The number of ether oxygens (including phenoxy) is 2. The van der Waals surface area contributed by atoms with E-state index in [2.05, 4.69) is 20.2 Å². The molecule has 3 rings (SSSR count). The zero-order chi connectivity index (χ0) is 19.6. The fourth-order valence-electron chi connectivity index (χ4n) is 3.38. The first-order chi connectivity index (χ1) is 13.7. The second-order valence-corrected chi connectivity index (χ2v) is 7.03. The molecule has 1 atom stereocenters. The van der Waals surface area contributed by atoms with Gasteiger partial charge in [0, 0.05) is 64.7 Å². The van der Waals surface area contributed by atoms with Gasteiger partial charge in [-0.1, -0.05) is 0 Å². The summed E-state index contributed by atoms with van der Waals surface area (Å²) in [6.45, 7) is 6.23. The highest BCUT2D eigenvalue weighted by Gasteiger charge is 2.24. The molecule has 1 aromatic rings. The van der Waals surface area contributed by atoms with Gasteiger partial charge in [0.25, 0.3) is 5.91 Å². The number of nitrogens with one attached hydrogen (secondary N) is 1. The summed E-state index contributed by atoms with van der Waals surface area (Å²) in [5.41, 5.74) is 0.285. The zero-order valence-electron chi connectivity index (χ0n) is 16.2. The molecule has 1 aromatic heterocycles. The van der Waals surface area contributed by atoms with E-state index in [4.69, 9.17) is 9.47 Å². The molecule has 9 nitrogen and oxygen atoms in total. The summed E-state index contributed by atoms with van der Waals surface area (Å²) >= 11 is 0. The highest BCUT2D eigenvalue weighted by molar-refractivity contribution is 5.92. The number of hydrogen-bond donors (Lipinski definition) is 1. The highest BCUT2D eigenvalue weighted by atomic mass is 16.5. The van der Waals surface area contributed by atoms with Crippen molar-refractivity contribution in [2.45, 2.75) is 25.4 Å². The maximum absolute atomic E-state index is 12.8. The summed E-state index contributed by atoms with van der Waals surface area (Å²) in [4.78, 5) is 37.0. The standard InChI is InChI=1S/C19H29N5O4/c25-18(22-6-8-23-9-12-27-13-10-23)3-7-24(15-16-2-1-11-28-16)19(26)17-14-20-4-5-21-17/h4-5,14,16H,1-3,6-13,15H2,(H,22,25). The van der Waals surface area contributed by atoms with Crippen LogP contribution in [0.1, 0.15) is 29.8 Å². The van der Waals surface area contributed by atoms with Gasteiger partial charge in [-0.3, -0.25) is 19.5 Å². The van der Waals surface area contributed by atoms with E-state index in [-0.39, 0.29) is 30.0 Å². The van der Waals surface area contributed by atoms with E-state index in [1.54, 1.807) is 4.90 Å². The van der Waals surface area contributed by atoms with Crippen LogP contribution in [0.25, 0.3) is 0 Å². The maximum Gasteiger partial charge on any atom is 0.274 e. The molecule has 0 saturated carbocycles. The molecule has 2 aliphatic heterocycles. The average Bonchev–Trinajstić information content (AvgIpc) is 3.25. The summed E-state index contributed by atoms with van der Waals surface area (Å²) in [6, 6.07) is 0. The van der Waals surface area contributed by atoms with Crippen molar-refractivity contribution < 1.29 is 19.1 Å². The number of carbonyl (C=O) groups excluding carboxylic acids is 2. The summed E-state index contributed by atoms with van der Waals surface area (Å²) in [5, 5.41) is 2.94. The molecule has 0 radical (unpaired) electrons. The normalized spacial score (nSPS) is 20.1. The predicted octanol–water partition coefficient (Wildman–Crippen LogP) is -0.0637. The van der Waals surface area contributed by atoms with Crippen molar-refractivity contribution in [3.63, 3.8) is 0 Å². The molecule has 1 N–H and O–H groups in total. The molecule has 154 valence electrons. The minimum Gasteiger partial charge on any atom is -0.379 e. The Balaban J connectivity index is 1.46. The molecule has 9 heteroatoms. The minimum absolute atomic E-state index is 0.0185. The third kappa shape index (κ3) is 6.50. The maximum atomic E-state index is 12.8. The summed E-state index contributed by atoms with van der Waals surface area (Å²) in [6.07, 6.45) is 6.68. The summed E-state index contributed by atoms with van der Waals surface area (Å²) < 4.78 is 11.0. The molecule has 2 saturated heterocycles. The molecule has 3 heterocycles. The van der Waals surface area contributed by atoms with E-state index >= 15 is 0 Å². The predicted molar refractivity (Wildman–Crippen MR) is 102 cm³/mol. The van der Waals surface area contributed by atoms with Crippen LogP contribution in [0.3, 0.4) is 0 Å². The number of amides is 2. The van der Waals surface area contributed by atoms with Crippen LogP contribution in [0.15, 0.2) is 18.6 Å². The van der Waals surface area contributed by atoms with Crippen molar-refractivity contribution in [2.24, 2.45) is 0 Å². The summed E-state index contributed by atoms with van der Waals surface area (Å²) in [5.74, 6) is -0.276. The lowest BCUT2D eigenvalue weighted by atomic mass is 10.2. The molecule has 2 aliphatic rings. The molecule has 0 bridgehead atoms. The van der Waals surface area contributed by atoms with Gasteiger partial charge in [0.05, 0.1) is 25.5 Å². The molecule has 0 aromatic carbocycles. The third-order valence-corrected chi connectivity index (χ3v) is 4.98. The number of hydrogen-bond acceptors (Lipinski definition) is 7. The lowest BCUT2D eigenvalue weighted by Crippen LogP contribution is -2.43. The van der Waals surface area contributed by atoms with Crippen LogP contribution >= 0.6 is 0 Å². The molecule has 0 aliphatic carbocycles. The Labute approximate surface area is 165 Å². The van der Waals surface area contributed by atoms with Gasteiger partial charge < -0.3 is 19.7 Å². The topological polar surface area (TPSA) is 96.9 Å². The molecule has 2 amide bonds. The number of morpholine rings is 1. The van der Waals surface area contributed by atoms with Crippen LogP contribution in [0.4, 0.5) is 0 Å². The number of aromatic nitrogens is 2. The van der Waals surface area contributed by atoms with Gasteiger partial charge in [0.15, 0.2) is 0 Å². The Kier molecular flexibility index (Phi) is 8.13. The van der Waals surface area contributed by atoms with Gasteiger partial charge in [-0.25, -0.2) is 4.98 Å². The number of rotatable bonds is 9. The molecule has 2 fully saturated rings. The van der Waals surface area contributed by atoms with Gasteiger partial charge in [-0.2, -0.15) is 0 Å². The first kappa shape index (κ1) is 20.6. The average molecular weight is 391 g/mol. The monoisotopic (exact) mass is 391 g/mol. The molecule has 28 heavy (non-hydrogen) atoms. The fraction of sp³-hybridized carbons (Fsp3) is 0.684. The van der Waals surface area contributed by atoms with E-state index in [1.165, 1.54) is 18.6 Å². The summed E-state index contributed by atoms with van der Waals surface area (Å²) in [7, 11) is 0. The largest absolute Gasteiger partial charge is 0.379 e. The molecular weight excluding hydrogens is 362 g/mol. The first-order valence-electron chi connectivity index (χ1n) is 9.96. The zero-order valence-corrected chi connectivity index (χ0v) is 16.2. The van der Waals surface area contributed by atoms with Crippen molar-refractivity contribution in [2.75, 3.05) is 59.1 Å². The lowest BCUT2D eigenvalue weighted by Gasteiger charge is -2.27. The van der Waals surface area contributed by atoms with Crippen molar-refractivity contribution in [3.05, 3.63) is 24.3 Å². The quantitative estimate of drug-likeness (QED) is 0.630. The van der Waals surface area contributed by atoms with Gasteiger partial charge >= 0.3 is 0 Å². The van der Waals surface area contributed by atoms with Crippen LogP contribution in [0, 0.1) is 0 Å². The molecule has 1 unspecified atom stereocenters. The van der Waals surface area contributed by atoms with Crippen LogP contribution in [-0.4, -0.2) is 96.8 Å². The van der Waals surface area contributed by atoms with Gasteiger partial charge in [0.2, 0.25) is 5.91 Å². The molecular formula is C19H29N5O4. The second-order valence-electron chi connectivity index (χ2n) is 7.03. The first-order valence-corrected chi connectivity index (χ1v) is 9.96. The van der Waals surface area contributed by atoms with Crippen LogP contribution < -0.4 is 5.32 Å². The Morgan fingerprint density at radius 1 is 1.25 bits per heavy atom. The Hall–Kier alpha value is -2.10. The highest BCUT2D eigenvalue weighted by Crippen LogP contribution is 2.15. The van der Waals surface area contributed by atoms with E-state index in [0.717, 1.165) is 52.3 Å². The van der Waals surface area contributed by atoms with E-state index in [9.17, 15) is 9.59 Å². The smallest absolute Gasteiger partial charge is 0.274 e. The number of carbonyl (C=O) groups is 2. The van der Waals surface area contributed by atoms with Gasteiger partial charge in [-0.05, 0) is 12.8 Å². The molecule has 0 spiro atoms. The van der Waals surface area contributed by atoms with Gasteiger partial charge in [0.1, 0.15) is 5.69 Å². The Morgan fingerprint density at radius 3 is 2.82 bits per heavy atom. The van der Waals surface area contributed by atoms with E-state index in [0.29, 0.717) is 19.6 Å². The van der Waals surface area contributed by atoms with Crippen LogP contribution in [-0.2, 0) is 14.3 Å². The Bertz CT molecular complexity index is 618. The van der Waals surface area contributed by atoms with Crippen LogP contribution in [0.2, 0.25) is 0 Å². The van der Waals surface area contributed by atoms with Crippen molar-refractivity contribution in [1.29, 1.82) is 0 Å². The van der Waals surface area contributed by atoms with Gasteiger partial charge in [-0.15, -0.1) is 0 Å². The van der Waals surface area contributed by atoms with Crippen molar-refractivity contribution in [1.82, 2.24) is 25.1 Å². The minimum atomic E-state index is -0.218. The Morgan fingerprint density at radius 2 is 2.11 bits per heavy atom. The van der Waals surface area contributed by atoms with Crippen LogP contribution in [0.5, 0.6) is 0 Å². The lowest BCUT2D eigenvalue weighted by molar-refractivity contribution is -0.121.